The van der Waals surface area contributed by atoms with Gasteiger partial charge in [-0.15, -0.1) is 0 Å². The van der Waals surface area contributed by atoms with E-state index in [1.165, 1.54) is 24.2 Å². The lowest BCUT2D eigenvalue weighted by Crippen LogP contribution is -2.17. The number of anilines is 1. The highest BCUT2D eigenvalue weighted by molar-refractivity contribution is 7.92. The molecule has 0 radical (unpaired) electrons. The van der Waals surface area contributed by atoms with Crippen LogP contribution in [0.1, 0.15) is 18.4 Å². The highest BCUT2D eigenvalue weighted by atomic mass is 35.5. The van der Waals surface area contributed by atoms with Crippen LogP contribution in [0, 0.1) is 0 Å². The van der Waals surface area contributed by atoms with Gasteiger partial charge in [0.15, 0.2) is 0 Å². The summed E-state index contributed by atoms with van der Waals surface area (Å²) in [6, 6.07) is 7.40. The van der Waals surface area contributed by atoms with Gasteiger partial charge in [-0.05, 0) is 42.0 Å². The molecule has 1 aromatic heterocycles. The fourth-order valence-corrected chi connectivity index (χ4v) is 4.21. The molecule has 1 fully saturated rings. The lowest BCUT2D eigenvalue weighted by atomic mass is 10.2. The molecule has 0 spiro atoms. The molecule has 7 heteroatoms. The molecule has 0 saturated heterocycles. The van der Waals surface area contributed by atoms with Crippen LogP contribution in [-0.4, -0.2) is 14.5 Å². The first kappa shape index (κ1) is 14.8. The van der Waals surface area contributed by atoms with Crippen molar-refractivity contribution in [1.29, 1.82) is 0 Å². The maximum Gasteiger partial charge on any atom is 0.263 e. The van der Waals surface area contributed by atoms with Crippen LogP contribution >= 0.6 is 22.9 Å². The zero-order valence-electron chi connectivity index (χ0n) is 11.2. The Balaban J connectivity index is 1.83. The third kappa shape index (κ3) is 3.77. The van der Waals surface area contributed by atoms with Gasteiger partial charge < -0.3 is 5.32 Å². The van der Waals surface area contributed by atoms with Crippen LogP contribution in [0.4, 0.5) is 5.69 Å². The highest BCUT2D eigenvalue weighted by Gasteiger charge is 2.22. The Kier molecular flexibility index (Phi) is 4.21. The monoisotopic (exact) mass is 342 g/mol. The van der Waals surface area contributed by atoms with E-state index in [1.807, 2.05) is 11.4 Å². The molecular formula is C14H15ClN2O2S2. The molecule has 1 saturated carbocycles. The summed E-state index contributed by atoms with van der Waals surface area (Å²) in [5.74, 6) is 0. The Labute approximate surface area is 133 Å². The molecule has 1 aliphatic rings. The Morgan fingerprint density at radius 2 is 2.10 bits per heavy atom. The first-order chi connectivity index (χ1) is 10.0. The first-order valence-corrected chi connectivity index (χ1v) is 9.42. The van der Waals surface area contributed by atoms with Gasteiger partial charge in [-0.1, -0.05) is 17.7 Å². The Hall–Kier alpha value is -1.08. The van der Waals surface area contributed by atoms with E-state index in [0.29, 0.717) is 18.3 Å². The van der Waals surface area contributed by atoms with Gasteiger partial charge in [-0.25, -0.2) is 8.42 Å². The molecule has 0 bridgehead atoms. The number of rotatable bonds is 6. The van der Waals surface area contributed by atoms with Crippen molar-refractivity contribution >= 4 is 38.6 Å². The number of sulfonamides is 1. The van der Waals surface area contributed by atoms with E-state index in [2.05, 4.69) is 10.0 Å². The Bertz CT molecular complexity index is 725. The van der Waals surface area contributed by atoms with Crippen LogP contribution < -0.4 is 10.0 Å². The maximum absolute atomic E-state index is 12.4. The molecular weight excluding hydrogens is 328 g/mol. The molecule has 0 atom stereocenters. The Morgan fingerprint density at radius 1 is 1.29 bits per heavy atom. The fraction of sp³-hybridized carbons (Fsp3) is 0.286. The third-order valence-corrected chi connectivity index (χ3v) is 5.78. The molecule has 112 valence electrons. The normalized spacial score (nSPS) is 15.1. The van der Waals surface area contributed by atoms with Gasteiger partial charge in [-0.3, -0.25) is 4.72 Å². The first-order valence-electron chi connectivity index (χ1n) is 6.61. The molecule has 2 N–H and O–H groups in total. The zero-order chi connectivity index (χ0) is 14.9. The summed E-state index contributed by atoms with van der Waals surface area (Å²) in [6.45, 7) is 0.656. The van der Waals surface area contributed by atoms with Gasteiger partial charge in [0.25, 0.3) is 10.0 Å². The number of thiophene rings is 1. The van der Waals surface area contributed by atoms with E-state index in [0.717, 1.165) is 5.56 Å². The van der Waals surface area contributed by atoms with Crippen LogP contribution in [-0.2, 0) is 16.6 Å². The number of hydrogen-bond acceptors (Lipinski definition) is 4. The van der Waals surface area contributed by atoms with E-state index < -0.39 is 10.0 Å². The second-order valence-corrected chi connectivity index (χ2v) is 7.88. The van der Waals surface area contributed by atoms with E-state index in [4.69, 9.17) is 11.6 Å². The van der Waals surface area contributed by atoms with Crippen LogP contribution in [0.5, 0.6) is 0 Å². The molecule has 21 heavy (non-hydrogen) atoms. The van der Waals surface area contributed by atoms with E-state index in [1.54, 1.807) is 23.6 Å². The molecule has 0 aliphatic heterocycles. The van der Waals surface area contributed by atoms with Crippen LogP contribution in [0.25, 0.3) is 0 Å². The summed E-state index contributed by atoms with van der Waals surface area (Å²) in [7, 11) is -3.66. The molecule has 1 heterocycles. The molecule has 2 aromatic rings. The number of nitrogens with one attached hydrogen (secondary N) is 2. The minimum absolute atomic E-state index is 0.116. The van der Waals surface area contributed by atoms with Gasteiger partial charge in [0.1, 0.15) is 4.90 Å². The van der Waals surface area contributed by atoms with Gasteiger partial charge in [0.2, 0.25) is 0 Å². The summed E-state index contributed by atoms with van der Waals surface area (Å²) in [4.78, 5) is 0.116. The topological polar surface area (TPSA) is 58.2 Å². The average molecular weight is 343 g/mol. The molecule has 1 aromatic carbocycles. The predicted octanol–water partition coefficient (Wildman–Crippen LogP) is 3.45. The average Bonchev–Trinajstić information content (AvgIpc) is 3.14. The van der Waals surface area contributed by atoms with E-state index in [9.17, 15) is 8.42 Å². The maximum atomic E-state index is 12.4. The summed E-state index contributed by atoms with van der Waals surface area (Å²) in [5.41, 5.74) is 1.47. The van der Waals surface area contributed by atoms with E-state index >= 15 is 0 Å². The van der Waals surface area contributed by atoms with Crippen molar-refractivity contribution in [3.8, 4) is 0 Å². The summed E-state index contributed by atoms with van der Waals surface area (Å²) >= 11 is 7.49. The fourth-order valence-electron chi connectivity index (χ4n) is 1.95. The highest BCUT2D eigenvalue weighted by Crippen LogP contribution is 2.26. The van der Waals surface area contributed by atoms with Gasteiger partial charge >= 0.3 is 0 Å². The van der Waals surface area contributed by atoms with Crippen LogP contribution in [0.15, 0.2) is 39.9 Å². The standard InChI is InChI=1S/C14H15ClN2O2S2/c15-13-4-1-10(8-16-11-2-3-11)7-14(13)21(18,19)17-12-5-6-20-9-12/h1,4-7,9,11,16-17H,2-3,8H2. The van der Waals surface area contributed by atoms with Crippen molar-refractivity contribution in [1.82, 2.24) is 5.32 Å². The van der Waals surface area contributed by atoms with Crippen molar-refractivity contribution in [2.24, 2.45) is 0 Å². The number of halogens is 1. The van der Waals surface area contributed by atoms with Gasteiger partial charge in [0, 0.05) is 18.0 Å². The van der Waals surface area contributed by atoms with E-state index in [-0.39, 0.29) is 9.92 Å². The minimum Gasteiger partial charge on any atom is -0.310 e. The summed E-state index contributed by atoms with van der Waals surface area (Å²) < 4.78 is 27.4. The van der Waals surface area contributed by atoms with Crippen molar-refractivity contribution < 1.29 is 8.42 Å². The van der Waals surface area contributed by atoms with Crippen LogP contribution in [0.2, 0.25) is 5.02 Å². The smallest absolute Gasteiger partial charge is 0.263 e. The lowest BCUT2D eigenvalue weighted by molar-refractivity contribution is 0.601. The lowest BCUT2D eigenvalue weighted by Gasteiger charge is -2.10. The van der Waals surface area contributed by atoms with Crippen molar-refractivity contribution in [2.45, 2.75) is 30.3 Å². The third-order valence-electron chi connectivity index (χ3n) is 3.23. The van der Waals surface area contributed by atoms with Crippen LogP contribution in [0.3, 0.4) is 0 Å². The van der Waals surface area contributed by atoms with Crippen molar-refractivity contribution in [3.05, 3.63) is 45.6 Å². The molecule has 1 aliphatic carbocycles. The van der Waals surface area contributed by atoms with Crippen molar-refractivity contribution in [2.75, 3.05) is 4.72 Å². The largest absolute Gasteiger partial charge is 0.310 e. The molecule has 0 amide bonds. The minimum atomic E-state index is -3.66. The Morgan fingerprint density at radius 3 is 2.76 bits per heavy atom. The quantitative estimate of drug-likeness (QED) is 0.845. The van der Waals surface area contributed by atoms with Gasteiger partial charge in [0.05, 0.1) is 10.7 Å². The molecule has 0 unspecified atom stereocenters. The number of benzene rings is 1. The summed E-state index contributed by atoms with van der Waals surface area (Å²) in [5, 5.41) is 7.14. The molecule has 4 nitrogen and oxygen atoms in total. The second-order valence-electron chi connectivity index (χ2n) is 5.04. The zero-order valence-corrected chi connectivity index (χ0v) is 13.6. The van der Waals surface area contributed by atoms with Crippen molar-refractivity contribution in [3.63, 3.8) is 0 Å². The second kappa shape index (κ2) is 5.96. The molecule has 3 rings (SSSR count). The van der Waals surface area contributed by atoms with Gasteiger partial charge in [-0.2, -0.15) is 11.3 Å². The predicted molar refractivity (Wildman–Crippen MR) is 86.4 cm³/mol. The SMILES string of the molecule is O=S(=O)(Nc1ccsc1)c1cc(CNC2CC2)ccc1Cl. The number of hydrogen-bond donors (Lipinski definition) is 2. The summed E-state index contributed by atoms with van der Waals surface area (Å²) in [6.07, 6.45) is 2.39.